The first-order valence-electron chi connectivity index (χ1n) is 13.1. The molecule has 4 aromatic carbocycles. The predicted octanol–water partition coefficient (Wildman–Crippen LogP) is 9.70. The van der Waals surface area contributed by atoms with Gasteiger partial charge in [0.2, 0.25) is 0 Å². The maximum absolute atomic E-state index is 6.55. The molecule has 38 heavy (non-hydrogen) atoms. The molecule has 5 heteroatoms. The van der Waals surface area contributed by atoms with Gasteiger partial charge in [0.05, 0.1) is 5.69 Å². The van der Waals surface area contributed by atoms with E-state index in [4.69, 9.17) is 34.8 Å². The highest BCUT2D eigenvalue weighted by atomic mass is 35.5. The summed E-state index contributed by atoms with van der Waals surface area (Å²) in [5, 5.41) is 3.65. The number of rotatable bonds is 6. The number of hydrogen-bond donors (Lipinski definition) is 0. The van der Waals surface area contributed by atoms with Crippen LogP contribution in [0.3, 0.4) is 0 Å². The molecule has 6 rings (SSSR count). The molecule has 0 unspecified atom stereocenters. The monoisotopic (exact) mass is 558 g/mol. The fourth-order valence-electron chi connectivity index (χ4n) is 5.90. The molecule has 0 radical (unpaired) electrons. The first-order chi connectivity index (χ1) is 18.6. The lowest BCUT2D eigenvalue weighted by atomic mass is 9.89. The Morgan fingerprint density at radius 2 is 1.32 bits per heavy atom. The number of aromatic nitrogens is 1. The van der Waals surface area contributed by atoms with Gasteiger partial charge in [0.15, 0.2) is 0 Å². The second-order valence-electron chi connectivity index (χ2n) is 10.1. The summed E-state index contributed by atoms with van der Waals surface area (Å²) >= 11 is 19.3. The van der Waals surface area contributed by atoms with E-state index in [-0.39, 0.29) is 0 Å². The molecule has 0 atom stereocenters. The number of benzene rings is 4. The van der Waals surface area contributed by atoms with Crippen molar-refractivity contribution in [2.24, 2.45) is 0 Å². The van der Waals surface area contributed by atoms with Crippen LogP contribution >= 0.6 is 34.8 Å². The van der Waals surface area contributed by atoms with Crippen molar-refractivity contribution in [1.29, 1.82) is 0 Å². The Bertz CT molecular complexity index is 1530. The number of nitrogens with zero attached hydrogens (tertiary/aromatic N) is 2. The molecule has 1 saturated heterocycles. The molecule has 1 aliphatic heterocycles. The zero-order chi connectivity index (χ0) is 26.1. The number of likely N-dealkylation sites (tertiary alicyclic amines) is 1. The highest BCUT2D eigenvalue weighted by Gasteiger charge is 2.26. The average molecular weight is 560 g/mol. The SMILES string of the molecule is Clc1ccc(Cn2c(-c3ccccc3)c(CN3CCC(c4c(Cl)cccc4Cl)CC3)c3ccccc32)cc1. The molecule has 0 amide bonds. The maximum Gasteiger partial charge on any atom is 0.0540 e. The van der Waals surface area contributed by atoms with Crippen LogP contribution in [-0.4, -0.2) is 22.6 Å². The summed E-state index contributed by atoms with van der Waals surface area (Å²) in [6.45, 7) is 3.71. The number of halogens is 3. The van der Waals surface area contributed by atoms with Gasteiger partial charge in [-0.2, -0.15) is 0 Å². The highest BCUT2D eigenvalue weighted by Crippen LogP contribution is 2.40. The van der Waals surface area contributed by atoms with Crippen LogP contribution in [0, 0.1) is 0 Å². The lowest BCUT2D eigenvalue weighted by Crippen LogP contribution is -2.32. The number of fused-ring (bicyclic) bond motifs is 1. The summed E-state index contributed by atoms with van der Waals surface area (Å²) < 4.78 is 2.47. The van der Waals surface area contributed by atoms with Crippen molar-refractivity contribution in [3.8, 4) is 11.3 Å². The van der Waals surface area contributed by atoms with Gasteiger partial charge in [0, 0.05) is 39.1 Å². The molecule has 1 aromatic heterocycles. The third-order valence-corrected chi connectivity index (χ3v) is 8.67. The zero-order valence-electron chi connectivity index (χ0n) is 21.1. The summed E-state index contributed by atoms with van der Waals surface area (Å²) in [5.74, 6) is 0.396. The second kappa shape index (κ2) is 11.2. The van der Waals surface area contributed by atoms with Gasteiger partial charge in [0.1, 0.15) is 0 Å². The Morgan fingerprint density at radius 1 is 0.658 bits per heavy atom. The van der Waals surface area contributed by atoms with Crippen LogP contribution in [0.5, 0.6) is 0 Å². The van der Waals surface area contributed by atoms with Gasteiger partial charge >= 0.3 is 0 Å². The van der Waals surface area contributed by atoms with Gasteiger partial charge < -0.3 is 4.57 Å². The molecule has 0 aliphatic carbocycles. The Kier molecular flexibility index (Phi) is 7.50. The summed E-state index contributed by atoms with van der Waals surface area (Å²) in [5.41, 5.74) is 7.52. The van der Waals surface area contributed by atoms with Gasteiger partial charge in [-0.3, -0.25) is 4.90 Å². The lowest BCUT2D eigenvalue weighted by Gasteiger charge is -2.33. The summed E-state index contributed by atoms with van der Waals surface area (Å²) in [4.78, 5) is 2.59. The molecule has 0 saturated carbocycles. The standard InChI is InChI=1S/C33H29Cl3N2/c34-26-15-13-23(14-16-26)21-38-31-12-5-4-9-27(31)28(33(38)25-7-2-1-3-8-25)22-37-19-17-24(18-20-37)32-29(35)10-6-11-30(32)36/h1-16,24H,17-22H2. The van der Waals surface area contributed by atoms with Gasteiger partial charge in [0.25, 0.3) is 0 Å². The van der Waals surface area contributed by atoms with Crippen molar-refractivity contribution in [3.63, 3.8) is 0 Å². The first kappa shape index (κ1) is 25.5. The topological polar surface area (TPSA) is 8.17 Å². The van der Waals surface area contributed by atoms with Crippen molar-refractivity contribution in [2.45, 2.75) is 31.8 Å². The van der Waals surface area contributed by atoms with Gasteiger partial charge in [-0.05, 0) is 84.4 Å². The number of para-hydroxylation sites is 1. The van der Waals surface area contributed by atoms with Crippen LogP contribution in [0.4, 0.5) is 0 Å². The van der Waals surface area contributed by atoms with Gasteiger partial charge in [-0.1, -0.05) is 102 Å². The van der Waals surface area contributed by atoms with Crippen LogP contribution in [-0.2, 0) is 13.1 Å². The van der Waals surface area contributed by atoms with E-state index in [0.717, 1.165) is 59.7 Å². The summed E-state index contributed by atoms with van der Waals surface area (Å²) in [6.07, 6.45) is 2.10. The highest BCUT2D eigenvalue weighted by molar-refractivity contribution is 6.36. The van der Waals surface area contributed by atoms with Crippen LogP contribution in [0.2, 0.25) is 15.1 Å². The molecular formula is C33H29Cl3N2. The first-order valence-corrected chi connectivity index (χ1v) is 14.3. The molecule has 192 valence electrons. The molecule has 0 bridgehead atoms. The molecule has 2 nitrogen and oxygen atoms in total. The van der Waals surface area contributed by atoms with E-state index >= 15 is 0 Å². The average Bonchev–Trinajstić information content (AvgIpc) is 3.24. The molecule has 1 fully saturated rings. The smallest absolute Gasteiger partial charge is 0.0540 e. The molecule has 0 N–H and O–H groups in total. The predicted molar refractivity (Wildman–Crippen MR) is 162 cm³/mol. The molecule has 1 aliphatic rings. The summed E-state index contributed by atoms with van der Waals surface area (Å²) in [6, 6.07) is 33.6. The zero-order valence-corrected chi connectivity index (χ0v) is 23.4. The van der Waals surface area contributed by atoms with E-state index in [1.54, 1.807) is 0 Å². The van der Waals surface area contributed by atoms with Crippen LogP contribution < -0.4 is 0 Å². The van der Waals surface area contributed by atoms with Crippen molar-refractivity contribution >= 4 is 45.7 Å². The molecule has 0 spiro atoms. The van der Waals surface area contributed by atoms with E-state index in [1.807, 2.05) is 30.3 Å². The minimum absolute atomic E-state index is 0.396. The minimum atomic E-state index is 0.396. The fraction of sp³-hybridized carbons (Fsp3) is 0.212. The molecule has 5 aromatic rings. The minimum Gasteiger partial charge on any atom is -0.336 e. The van der Waals surface area contributed by atoms with E-state index in [0.29, 0.717) is 5.92 Å². The summed E-state index contributed by atoms with van der Waals surface area (Å²) in [7, 11) is 0. The van der Waals surface area contributed by atoms with Crippen LogP contribution in [0.1, 0.15) is 35.4 Å². The third kappa shape index (κ3) is 5.11. The molecule has 2 heterocycles. The fourth-order valence-corrected chi connectivity index (χ4v) is 6.73. The van der Waals surface area contributed by atoms with Crippen LogP contribution in [0.25, 0.3) is 22.2 Å². The Morgan fingerprint density at radius 3 is 2.03 bits per heavy atom. The maximum atomic E-state index is 6.55. The largest absolute Gasteiger partial charge is 0.336 e. The van der Waals surface area contributed by atoms with Gasteiger partial charge in [-0.25, -0.2) is 0 Å². The van der Waals surface area contributed by atoms with Crippen molar-refractivity contribution in [1.82, 2.24) is 9.47 Å². The normalized spacial score (nSPS) is 14.8. The number of piperidine rings is 1. The Labute approximate surface area is 239 Å². The van der Waals surface area contributed by atoms with E-state index in [1.165, 1.54) is 33.3 Å². The quantitative estimate of drug-likeness (QED) is 0.201. The third-order valence-electron chi connectivity index (χ3n) is 7.75. The van der Waals surface area contributed by atoms with Crippen LogP contribution in [0.15, 0.2) is 97.1 Å². The lowest BCUT2D eigenvalue weighted by molar-refractivity contribution is 0.205. The Balaban J connectivity index is 1.36. The van der Waals surface area contributed by atoms with Crippen molar-refractivity contribution in [2.75, 3.05) is 13.1 Å². The number of hydrogen-bond acceptors (Lipinski definition) is 1. The van der Waals surface area contributed by atoms with Crippen molar-refractivity contribution in [3.05, 3.63) is 129 Å². The second-order valence-corrected chi connectivity index (χ2v) is 11.4. The van der Waals surface area contributed by atoms with E-state index in [2.05, 4.69) is 76.2 Å². The van der Waals surface area contributed by atoms with E-state index < -0.39 is 0 Å². The van der Waals surface area contributed by atoms with Gasteiger partial charge in [-0.15, -0.1) is 0 Å². The molecular weight excluding hydrogens is 531 g/mol. The van der Waals surface area contributed by atoms with Crippen molar-refractivity contribution < 1.29 is 0 Å². The Hall–Kier alpha value is -2.75. The van der Waals surface area contributed by atoms with E-state index in [9.17, 15) is 0 Å².